The molecule has 5 heteroatoms. The van der Waals surface area contributed by atoms with Gasteiger partial charge in [-0.25, -0.2) is 4.39 Å². The van der Waals surface area contributed by atoms with Crippen molar-refractivity contribution in [2.75, 3.05) is 33.0 Å². The lowest BCUT2D eigenvalue weighted by Crippen LogP contribution is -2.50. The van der Waals surface area contributed by atoms with Crippen LogP contribution in [0.1, 0.15) is 72.1 Å². The normalized spacial score (nSPS) is 27.0. The molecule has 0 radical (unpaired) electrons. The van der Waals surface area contributed by atoms with Crippen LogP contribution in [0.2, 0.25) is 0 Å². The van der Waals surface area contributed by atoms with Crippen LogP contribution in [0.4, 0.5) is 4.39 Å². The Balaban J connectivity index is 1.52. The Morgan fingerprint density at radius 3 is 2.68 bits per heavy atom. The third-order valence-corrected chi connectivity index (χ3v) is 7.09. The van der Waals surface area contributed by atoms with E-state index in [2.05, 4.69) is 49.2 Å². The lowest BCUT2D eigenvalue weighted by Gasteiger charge is -2.41. The lowest BCUT2D eigenvalue weighted by molar-refractivity contribution is -0.00481. The summed E-state index contributed by atoms with van der Waals surface area (Å²) >= 11 is 0. The van der Waals surface area contributed by atoms with Crippen molar-refractivity contribution >= 4 is 0 Å². The van der Waals surface area contributed by atoms with Crippen LogP contribution in [-0.2, 0) is 9.47 Å². The number of unbranched alkanes of at least 4 members (excludes halogenated alkanes) is 1. The molecule has 0 saturated carbocycles. The molecule has 1 unspecified atom stereocenters. The summed E-state index contributed by atoms with van der Waals surface area (Å²) in [7, 11) is 0. The van der Waals surface area contributed by atoms with Crippen molar-refractivity contribution in [1.82, 2.24) is 10.2 Å². The number of nitrogens with one attached hydrogen (secondary N) is 1. The van der Waals surface area contributed by atoms with Gasteiger partial charge in [-0.2, -0.15) is 0 Å². The second-order valence-corrected chi connectivity index (χ2v) is 9.17. The number of rotatable bonds is 12. The fraction of sp³-hybridized carbons (Fsp3) is 0.769. The fourth-order valence-corrected chi connectivity index (χ4v) is 5.15. The van der Waals surface area contributed by atoms with Crippen molar-refractivity contribution in [1.29, 1.82) is 0 Å². The van der Waals surface area contributed by atoms with Gasteiger partial charge in [0.15, 0.2) is 0 Å². The Labute approximate surface area is 188 Å². The van der Waals surface area contributed by atoms with E-state index >= 15 is 0 Å². The summed E-state index contributed by atoms with van der Waals surface area (Å²) in [5.41, 5.74) is 3.01. The number of nitrogens with zero attached hydrogens (tertiary/aromatic N) is 1. The Hall–Kier alpha value is -1.33. The molecule has 1 N–H and O–H groups in total. The Bertz CT molecular complexity index is 641. The van der Waals surface area contributed by atoms with E-state index in [0.717, 1.165) is 57.4 Å². The predicted octanol–water partition coefficient (Wildman–Crippen LogP) is 5.52. The van der Waals surface area contributed by atoms with Gasteiger partial charge in [-0.05, 0) is 70.4 Å². The first-order chi connectivity index (χ1) is 15.2. The molecule has 4 nitrogen and oxygen atoms in total. The number of allylic oxidation sites excluding steroid dienone is 4. The van der Waals surface area contributed by atoms with Crippen LogP contribution in [0.15, 0.2) is 35.3 Å². The van der Waals surface area contributed by atoms with E-state index in [1.54, 1.807) is 0 Å². The number of halogens is 1. The highest BCUT2D eigenvalue weighted by atomic mass is 19.1. The van der Waals surface area contributed by atoms with Crippen LogP contribution in [0.3, 0.4) is 0 Å². The molecule has 1 saturated heterocycles. The maximum absolute atomic E-state index is 13.4. The molecular weight excluding hydrogens is 391 g/mol. The van der Waals surface area contributed by atoms with Crippen molar-refractivity contribution in [3.05, 3.63) is 35.3 Å². The summed E-state index contributed by atoms with van der Waals surface area (Å²) < 4.78 is 25.0. The van der Waals surface area contributed by atoms with Gasteiger partial charge in [-0.1, -0.05) is 25.0 Å². The van der Waals surface area contributed by atoms with E-state index in [-0.39, 0.29) is 0 Å². The molecule has 176 valence electrons. The standard InChI is InChI=1S/C26H43FN2O2/c1-4-7-16-30-19-24(18-27)31-23-14-10-21-11-15-25(28-26(21)17-23)20-8-12-22(13-9-20)29(5-2)6-3/h8,12,14,21,24-26,28H,4-7,9-11,13,15-19H2,1-3H3/t21-,24?,25-,26-/m0/s1. The summed E-state index contributed by atoms with van der Waals surface area (Å²) in [5.74, 6) is 1.61. The highest BCUT2D eigenvalue weighted by Gasteiger charge is 2.34. The molecule has 0 aromatic carbocycles. The second-order valence-electron chi connectivity index (χ2n) is 9.17. The number of alkyl halides is 1. The molecule has 0 spiro atoms. The molecule has 3 aliphatic rings. The highest BCUT2D eigenvalue weighted by molar-refractivity contribution is 5.28. The molecule has 4 atom stereocenters. The minimum Gasteiger partial charge on any atom is -0.490 e. The average Bonchev–Trinajstić information content (AvgIpc) is 2.82. The lowest BCUT2D eigenvalue weighted by atomic mass is 9.77. The molecule has 0 aromatic heterocycles. The van der Waals surface area contributed by atoms with Crippen LogP contribution >= 0.6 is 0 Å². The van der Waals surface area contributed by atoms with Crippen LogP contribution in [0.25, 0.3) is 0 Å². The zero-order valence-corrected chi connectivity index (χ0v) is 19.9. The average molecular weight is 435 g/mol. The molecule has 1 heterocycles. The van der Waals surface area contributed by atoms with E-state index in [1.807, 2.05) is 0 Å². The van der Waals surface area contributed by atoms with Gasteiger partial charge in [0.05, 0.1) is 12.4 Å². The number of piperidine rings is 1. The molecule has 1 fully saturated rings. The third-order valence-electron chi connectivity index (χ3n) is 7.09. The van der Waals surface area contributed by atoms with Crippen LogP contribution in [0, 0.1) is 5.92 Å². The van der Waals surface area contributed by atoms with Crippen LogP contribution in [0.5, 0.6) is 0 Å². The van der Waals surface area contributed by atoms with Crippen LogP contribution < -0.4 is 5.32 Å². The molecule has 3 rings (SSSR count). The molecule has 31 heavy (non-hydrogen) atoms. The number of hydrogen-bond acceptors (Lipinski definition) is 4. The second kappa shape index (κ2) is 12.6. The van der Waals surface area contributed by atoms with Crippen molar-refractivity contribution in [2.45, 2.75) is 90.3 Å². The van der Waals surface area contributed by atoms with E-state index in [9.17, 15) is 4.39 Å². The highest BCUT2D eigenvalue weighted by Crippen LogP contribution is 2.36. The number of hydrogen-bond donors (Lipinski definition) is 1. The summed E-state index contributed by atoms with van der Waals surface area (Å²) in [6.07, 6.45) is 15.1. The largest absolute Gasteiger partial charge is 0.490 e. The SMILES string of the molecule is CCCCOCC(CF)OC1=CC[C@H]2CC[C@@H](C3=CC=C(N(CC)CC)CC3)N[C@H]2C1. The topological polar surface area (TPSA) is 33.7 Å². The zero-order chi connectivity index (χ0) is 22.1. The van der Waals surface area contributed by atoms with E-state index in [1.165, 1.54) is 24.1 Å². The minimum atomic E-state index is -0.498. The Kier molecular flexibility index (Phi) is 9.92. The fourth-order valence-electron chi connectivity index (χ4n) is 5.15. The first kappa shape index (κ1) is 24.3. The van der Waals surface area contributed by atoms with Crippen molar-refractivity contribution in [2.24, 2.45) is 5.92 Å². The van der Waals surface area contributed by atoms with Gasteiger partial charge >= 0.3 is 0 Å². The van der Waals surface area contributed by atoms with Gasteiger partial charge in [0, 0.05) is 43.9 Å². The molecule has 0 bridgehead atoms. The summed E-state index contributed by atoms with van der Waals surface area (Å²) in [4.78, 5) is 2.46. The van der Waals surface area contributed by atoms with Gasteiger partial charge in [-0.3, -0.25) is 0 Å². The molecule has 1 aliphatic heterocycles. The Morgan fingerprint density at radius 2 is 2.00 bits per heavy atom. The smallest absolute Gasteiger partial charge is 0.150 e. The monoisotopic (exact) mass is 434 g/mol. The Morgan fingerprint density at radius 1 is 1.16 bits per heavy atom. The third kappa shape index (κ3) is 6.82. The maximum atomic E-state index is 13.4. The van der Waals surface area contributed by atoms with Gasteiger partial charge < -0.3 is 19.7 Å². The molecular formula is C26H43FN2O2. The quantitative estimate of drug-likeness (QED) is 0.410. The number of fused-ring (bicyclic) bond motifs is 1. The first-order valence-corrected chi connectivity index (χ1v) is 12.6. The van der Waals surface area contributed by atoms with E-state index < -0.39 is 12.8 Å². The van der Waals surface area contributed by atoms with E-state index in [0.29, 0.717) is 31.2 Å². The minimum absolute atomic E-state index is 0.339. The summed E-state index contributed by atoms with van der Waals surface area (Å²) in [6, 6.07) is 0.888. The van der Waals surface area contributed by atoms with Gasteiger partial charge in [-0.15, -0.1) is 0 Å². The van der Waals surface area contributed by atoms with Gasteiger partial charge in [0.1, 0.15) is 12.8 Å². The predicted molar refractivity (Wildman–Crippen MR) is 126 cm³/mol. The van der Waals surface area contributed by atoms with Crippen molar-refractivity contribution in [3.63, 3.8) is 0 Å². The molecule has 0 amide bonds. The summed E-state index contributed by atoms with van der Waals surface area (Å²) in [5, 5.41) is 3.92. The molecule has 0 aromatic rings. The number of ether oxygens (including phenoxy) is 2. The van der Waals surface area contributed by atoms with Gasteiger partial charge in [0.2, 0.25) is 0 Å². The van der Waals surface area contributed by atoms with Gasteiger partial charge in [0.25, 0.3) is 0 Å². The van der Waals surface area contributed by atoms with Crippen molar-refractivity contribution < 1.29 is 13.9 Å². The molecule has 2 aliphatic carbocycles. The first-order valence-electron chi connectivity index (χ1n) is 12.6. The summed E-state index contributed by atoms with van der Waals surface area (Å²) in [6.45, 7) is 9.27. The van der Waals surface area contributed by atoms with Crippen LogP contribution in [-0.4, -0.2) is 56.1 Å². The zero-order valence-electron chi connectivity index (χ0n) is 19.9. The maximum Gasteiger partial charge on any atom is 0.150 e. The van der Waals surface area contributed by atoms with Crippen molar-refractivity contribution in [3.8, 4) is 0 Å². The van der Waals surface area contributed by atoms with E-state index in [4.69, 9.17) is 9.47 Å².